The number of carbonyl (C=O) groups excluding carboxylic acids is 1. The molecule has 0 unspecified atom stereocenters. The van der Waals surface area contributed by atoms with E-state index in [-0.39, 0.29) is 5.91 Å². The van der Waals surface area contributed by atoms with Gasteiger partial charge in [-0.25, -0.2) is 0 Å². The van der Waals surface area contributed by atoms with Crippen LogP contribution in [0.25, 0.3) is 0 Å². The normalized spacial score (nSPS) is 10.7. The van der Waals surface area contributed by atoms with Gasteiger partial charge in [-0.15, -0.1) is 0 Å². The largest absolute Gasteiger partial charge is 0.489 e. The van der Waals surface area contributed by atoms with Crippen molar-refractivity contribution in [2.24, 2.45) is 0 Å². The zero-order chi connectivity index (χ0) is 19.8. The van der Waals surface area contributed by atoms with Gasteiger partial charge in [-0.05, 0) is 55.1 Å². The molecule has 0 radical (unpaired) electrons. The highest BCUT2D eigenvalue weighted by Gasteiger charge is 2.06. The molecular weight excluding hydrogens is 348 g/mol. The van der Waals surface area contributed by atoms with Gasteiger partial charge in [0.25, 0.3) is 5.91 Å². The maximum atomic E-state index is 12.4. The van der Waals surface area contributed by atoms with E-state index in [0.29, 0.717) is 18.7 Å². The van der Waals surface area contributed by atoms with Crippen LogP contribution >= 0.6 is 0 Å². The summed E-state index contributed by atoms with van der Waals surface area (Å²) in [5.74, 6) is 0.656. The van der Waals surface area contributed by atoms with E-state index in [1.807, 2.05) is 56.6 Å². The highest BCUT2D eigenvalue weighted by atomic mass is 16.5. The average Bonchev–Trinajstić information content (AvgIpc) is 2.72. The van der Waals surface area contributed by atoms with Crippen molar-refractivity contribution in [2.45, 2.75) is 19.7 Å². The first-order valence-electron chi connectivity index (χ1n) is 9.38. The third-order valence-corrected chi connectivity index (χ3v) is 4.34. The van der Waals surface area contributed by atoms with Crippen LogP contribution in [0.15, 0.2) is 78.9 Å². The Morgan fingerprint density at radius 2 is 1.46 bits per heavy atom. The summed E-state index contributed by atoms with van der Waals surface area (Å²) in [5.41, 5.74) is 4.07. The van der Waals surface area contributed by atoms with Gasteiger partial charge in [0.1, 0.15) is 12.4 Å². The molecule has 28 heavy (non-hydrogen) atoms. The van der Waals surface area contributed by atoms with E-state index in [4.69, 9.17) is 4.74 Å². The summed E-state index contributed by atoms with van der Waals surface area (Å²) < 4.78 is 5.76. The lowest BCUT2D eigenvalue weighted by Gasteiger charge is -2.11. The van der Waals surface area contributed by atoms with Crippen LogP contribution in [0.5, 0.6) is 5.75 Å². The van der Waals surface area contributed by atoms with E-state index in [2.05, 4.69) is 34.5 Å². The Hall–Kier alpha value is -3.11. The van der Waals surface area contributed by atoms with Crippen LogP contribution < -0.4 is 10.1 Å². The maximum absolute atomic E-state index is 12.4. The molecule has 4 nitrogen and oxygen atoms in total. The minimum Gasteiger partial charge on any atom is -0.489 e. The summed E-state index contributed by atoms with van der Waals surface area (Å²) in [6, 6.07) is 25.5. The SMILES string of the molecule is CN(C)Cc1ccc(CNC(=O)c2ccc(OCc3ccccc3)cc2)cc1. The molecule has 0 spiro atoms. The number of amides is 1. The van der Waals surface area contributed by atoms with Crippen LogP contribution in [-0.4, -0.2) is 24.9 Å². The number of carbonyl (C=O) groups is 1. The van der Waals surface area contributed by atoms with E-state index in [9.17, 15) is 4.79 Å². The summed E-state index contributed by atoms with van der Waals surface area (Å²) in [7, 11) is 4.10. The van der Waals surface area contributed by atoms with Crippen molar-refractivity contribution in [1.82, 2.24) is 10.2 Å². The predicted octanol–water partition coefficient (Wildman–Crippen LogP) is 4.26. The molecule has 0 aliphatic rings. The molecule has 1 N–H and O–H groups in total. The zero-order valence-electron chi connectivity index (χ0n) is 16.4. The Morgan fingerprint density at radius 3 is 2.11 bits per heavy atom. The molecule has 0 aliphatic carbocycles. The van der Waals surface area contributed by atoms with Crippen molar-refractivity contribution >= 4 is 5.91 Å². The van der Waals surface area contributed by atoms with Gasteiger partial charge < -0.3 is 15.0 Å². The third kappa shape index (κ3) is 5.96. The Labute approximate surface area is 166 Å². The van der Waals surface area contributed by atoms with Crippen LogP contribution in [0.3, 0.4) is 0 Å². The number of hydrogen-bond donors (Lipinski definition) is 1. The molecule has 144 valence electrons. The first-order valence-corrected chi connectivity index (χ1v) is 9.38. The average molecular weight is 374 g/mol. The number of nitrogens with zero attached hydrogens (tertiary/aromatic N) is 1. The van der Waals surface area contributed by atoms with Gasteiger partial charge in [-0.2, -0.15) is 0 Å². The highest BCUT2D eigenvalue weighted by Crippen LogP contribution is 2.14. The van der Waals surface area contributed by atoms with Crippen molar-refractivity contribution < 1.29 is 9.53 Å². The predicted molar refractivity (Wildman–Crippen MR) is 112 cm³/mol. The number of benzene rings is 3. The molecule has 0 atom stereocenters. The summed E-state index contributed by atoms with van der Waals surface area (Å²) in [6.45, 7) is 1.93. The molecule has 0 saturated heterocycles. The molecule has 0 fully saturated rings. The number of ether oxygens (including phenoxy) is 1. The molecule has 3 aromatic rings. The number of hydrogen-bond acceptors (Lipinski definition) is 3. The molecule has 0 saturated carbocycles. The van der Waals surface area contributed by atoms with Crippen LogP contribution in [0, 0.1) is 0 Å². The topological polar surface area (TPSA) is 41.6 Å². The minimum atomic E-state index is -0.0908. The van der Waals surface area contributed by atoms with Gasteiger partial charge >= 0.3 is 0 Å². The standard InChI is InChI=1S/C24H26N2O2/c1-26(2)17-20-10-8-19(9-11-20)16-25-24(27)22-12-14-23(15-13-22)28-18-21-6-4-3-5-7-21/h3-15H,16-18H2,1-2H3,(H,25,27). The Morgan fingerprint density at radius 1 is 0.821 bits per heavy atom. The molecule has 0 aromatic heterocycles. The number of nitrogens with one attached hydrogen (secondary N) is 1. The molecule has 0 bridgehead atoms. The molecule has 0 heterocycles. The van der Waals surface area contributed by atoms with E-state index in [0.717, 1.165) is 23.4 Å². The molecule has 3 aromatic carbocycles. The third-order valence-electron chi connectivity index (χ3n) is 4.34. The van der Waals surface area contributed by atoms with Crippen LogP contribution in [0.1, 0.15) is 27.0 Å². The smallest absolute Gasteiger partial charge is 0.251 e. The first kappa shape index (κ1) is 19.6. The van der Waals surface area contributed by atoms with Gasteiger partial charge in [-0.1, -0.05) is 54.6 Å². The lowest BCUT2D eigenvalue weighted by Crippen LogP contribution is -2.22. The highest BCUT2D eigenvalue weighted by molar-refractivity contribution is 5.94. The fourth-order valence-corrected chi connectivity index (χ4v) is 2.86. The molecule has 0 aliphatic heterocycles. The maximum Gasteiger partial charge on any atom is 0.251 e. The van der Waals surface area contributed by atoms with Crippen LogP contribution in [0.4, 0.5) is 0 Å². The van der Waals surface area contributed by atoms with Gasteiger partial charge in [0, 0.05) is 18.7 Å². The van der Waals surface area contributed by atoms with Crippen molar-refractivity contribution in [3.63, 3.8) is 0 Å². The van der Waals surface area contributed by atoms with Crippen molar-refractivity contribution in [3.05, 3.63) is 101 Å². The minimum absolute atomic E-state index is 0.0908. The summed E-state index contributed by atoms with van der Waals surface area (Å²) in [5, 5.41) is 2.96. The fourth-order valence-electron chi connectivity index (χ4n) is 2.86. The second-order valence-corrected chi connectivity index (χ2v) is 7.04. The van der Waals surface area contributed by atoms with Gasteiger partial charge in [0.05, 0.1) is 0 Å². The Bertz CT molecular complexity index is 873. The summed E-state index contributed by atoms with van der Waals surface area (Å²) >= 11 is 0. The van der Waals surface area contributed by atoms with Crippen LogP contribution in [0.2, 0.25) is 0 Å². The van der Waals surface area contributed by atoms with Crippen LogP contribution in [-0.2, 0) is 19.7 Å². The molecular formula is C24H26N2O2. The second-order valence-electron chi connectivity index (χ2n) is 7.04. The van der Waals surface area contributed by atoms with E-state index >= 15 is 0 Å². The van der Waals surface area contributed by atoms with Gasteiger partial charge in [0.15, 0.2) is 0 Å². The first-order chi connectivity index (χ1) is 13.6. The van der Waals surface area contributed by atoms with Gasteiger partial charge in [0.2, 0.25) is 0 Å². The zero-order valence-corrected chi connectivity index (χ0v) is 16.4. The Kier molecular flexibility index (Phi) is 6.82. The number of rotatable bonds is 8. The molecule has 4 heteroatoms. The van der Waals surface area contributed by atoms with Crippen molar-refractivity contribution in [3.8, 4) is 5.75 Å². The van der Waals surface area contributed by atoms with E-state index in [1.165, 1.54) is 5.56 Å². The van der Waals surface area contributed by atoms with E-state index < -0.39 is 0 Å². The lowest BCUT2D eigenvalue weighted by molar-refractivity contribution is 0.0951. The Balaban J connectivity index is 1.49. The second kappa shape index (κ2) is 9.72. The molecule has 1 amide bonds. The molecule has 3 rings (SSSR count). The van der Waals surface area contributed by atoms with Crippen molar-refractivity contribution in [2.75, 3.05) is 14.1 Å². The van der Waals surface area contributed by atoms with Gasteiger partial charge in [-0.3, -0.25) is 4.79 Å². The monoisotopic (exact) mass is 374 g/mol. The summed E-state index contributed by atoms with van der Waals surface area (Å²) in [6.07, 6.45) is 0. The van der Waals surface area contributed by atoms with Crippen molar-refractivity contribution in [1.29, 1.82) is 0 Å². The quantitative estimate of drug-likeness (QED) is 0.641. The lowest BCUT2D eigenvalue weighted by atomic mass is 10.1. The fraction of sp³-hybridized carbons (Fsp3) is 0.208. The summed E-state index contributed by atoms with van der Waals surface area (Å²) in [4.78, 5) is 14.5. The van der Waals surface area contributed by atoms with E-state index in [1.54, 1.807) is 12.1 Å².